The zero-order valence-corrected chi connectivity index (χ0v) is 10.2. The first-order valence-electron chi connectivity index (χ1n) is 5.15. The lowest BCUT2D eigenvalue weighted by Gasteiger charge is -2.17. The zero-order chi connectivity index (χ0) is 13.4. The standard InChI is InChI=1S/C11H15F3N2O/c1-10(2,3)5-8(17)7-6-15-16(4)9(7)11(12,13)14/h6H,5H2,1-4H3. The average Bonchev–Trinajstić information content (AvgIpc) is 2.42. The first-order valence-corrected chi connectivity index (χ1v) is 5.15. The quantitative estimate of drug-likeness (QED) is 0.754. The molecule has 0 saturated carbocycles. The molecule has 0 spiro atoms. The molecule has 1 heterocycles. The van der Waals surface area contributed by atoms with Gasteiger partial charge in [0.25, 0.3) is 0 Å². The van der Waals surface area contributed by atoms with E-state index in [1.165, 1.54) is 7.05 Å². The van der Waals surface area contributed by atoms with Gasteiger partial charge in [0.15, 0.2) is 11.5 Å². The maximum Gasteiger partial charge on any atom is 0.433 e. The Kier molecular flexibility index (Phi) is 3.36. The molecular weight excluding hydrogens is 233 g/mol. The molecule has 0 aromatic carbocycles. The predicted molar refractivity (Wildman–Crippen MR) is 56.6 cm³/mol. The van der Waals surface area contributed by atoms with Gasteiger partial charge in [0.2, 0.25) is 0 Å². The number of alkyl halides is 3. The Hall–Kier alpha value is -1.33. The minimum absolute atomic E-state index is 0.0573. The molecule has 17 heavy (non-hydrogen) atoms. The van der Waals surface area contributed by atoms with Crippen LogP contribution in [0.3, 0.4) is 0 Å². The van der Waals surface area contributed by atoms with Crippen molar-refractivity contribution in [3.05, 3.63) is 17.5 Å². The highest BCUT2D eigenvalue weighted by Gasteiger charge is 2.39. The zero-order valence-electron chi connectivity index (χ0n) is 10.2. The van der Waals surface area contributed by atoms with Crippen LogP contribution in [0.15, 0.2) is 6.20 Å². The maximum absolute atomic E-state index is 12.7. The number of hydrogen-bond donors (Lipinski definition) is 0. The fraction of sp³-hybridized carbons (Fsp3) is 0.636. The summed E-state index contributed by atoms with van der Waals surface area (Å²) in [6.07, 6.45) is -3.52. The van der Waals surface area contributed by atoms with Crippen LogP contribution in [0.2, 0.25) is 0 Å². The first-order chi connectivity index (χ1) is 7.52. The van der Waals surface area contributed by atoms with Crippen LogP contribution in [0.4, 0.5) is 13.2 Å². The van der Waals surface area contributed by atoms with E-state index in [1.807, 2.05) is 0 Å². The van der Waals surface area contributed by atoms with E-state index in [1.54, 1.807) is 20.8 Å². The van der Waals surface area contributed by atoms with Crippen LogP contribution in [0, 0.1) is 5.41 Å². The van der Waals surface area contributed by atoms with E-state index in [4.69, 9.17) is 0 Å². The number of ketones is 1. The normalized spacial score (nSPS) is 12.9. The number of Topliss-reactive ketones (excluding diaryl/α,β-unsaturated/α-hetero) is 1. The minimum atomic E-state index is -4.56. The second kappa shape index (κ2) is 4.16. The highest BCUT2D eigenvalue weighted by molar-refractivity contribution is 5.97. The molecule has 0 unspecified atom stereocenters. The molecule has 0 atom stereocenters. The third-order valence-corrected chi connectivity index (χ3v) is 2.20. The number of aryl methyl sites for hydroxylation is 1. The molecule has 0 radical (unpaired) electrons. The van der Waals surface area contributed by atoms with Crippen molar-refractivity contribution in [2.24, 2.45) is 12.5 Å². The molecular formula is C11H15F3N2O. The molecule has 6 heteroatoms. The maximum atomic E-state index is 12.7. The monoisotopic (exact) mass is 248 g/mol. The van der Waals surface area contributed by atoms with Gasteiger partial charge in [-0.1, -0.05) is 20.8 Å². The van der Waals surface area contributed by atoms with Crippen LogP contribution >= 0.6 is 0 Å². The van der Waals surface area contributed by atoms with Gasteiger partial charge in [0.1, 0.15) is 0 Å². The number of nitrogens with zero attached hydrogens (tertiary/aromatic N) is 2. The Morgan fingerprint density at radius 2 is 1.88 bits per heavy atom. The Balaban J connectivity index is 3.12. The van der Waals surface area contributed by atoms with Crippen molar-refractivity contribution in [3.63, 3.8) is 0 Å². The van der Waals surface area contributed by atoms with Crippen molar-refractivity contribution in [3.8, 4) is 0 Å². The van der Waals surface area contributed by atoms with Gasteiger partial charge in [-0.05, 0) is 5.41 Å². The molecule has 0 aliphatic carbocycles. The van der Waals surface area contributed by atoms with Crippen molar-refractivity contribution in [2.45, 2.75) is 33.4 Å². The highest BCUT2D eigenvalue weighted by atomic mass is 19.4. The fourth-order valence-corrected chi connectivity index (χ4v) is 1.55. The second-order valence-electron chi connectivity index (χ2n) is 5.19. The lowest BCUT2D eigenvalue weighted by molar-refractivity contribution is -0.144. The summed E-state index contributed by atoms with van der Waals surface area (Å²) in [4.78, 5) is 11.8. The summed E-state index contributed by atoms with van der Waals surface area (Å²) in [6, 6.07) is 0. The van der Waals surface area contributed by atoms with Crippen molar-refractivity contribution in [1.82, 2.24) is 9.78 Å². The van der Waals surface area contributed by atoms with E-state index in [0.717, 1.165) is 6.20 Å². The number of hydrogen-bond acceptors (Lipinski definition) is 2. The van der Waals surface area contributed by atoms with Gasteiger partial charge in [-0.2, -0.15) is 18.3 Å². The van der Waals surface area contributed by atoms with Crippen molar-refractivity contribution < 1.29 is 18.0 Å². The second-order valence-corrected chi connectivity index (χ2v) is 5.19. The van der Waals surface area contributed by atoms with E-state index < -0.39 is 17.7 Å². The predicted octanol–water partition coefficient (Wildman–Crippen LogP) is 3.06. The van der Waals surface area contributed by atoms with E-state index >= 15 is 0 Å². The fourth-order valence-electron chi connectivity index (χ4n) is 1.55. The SMILES string of the molecule is Cn1ncc(C(=O)CC(C)(C)C)c1C(F)(F)F. The number of rotatable bonds is 2. The summed E-state index contributed by atoms with van der Waals surface area (Å²) in [6.45, 7) is 5.40. The van der Waals surface area contributed by atoms with Crippen molar-refractivity contribution in [2.75, 3.05) is 0 Å². The number of halogens is 3. The van der Waals surface area contributed by atoms with Crippen LogP contribution in [-0.4, -0.2) is 15.6 Å². The Labute approximate surface area is 97.6 Å². The molecule has 0 bridgehead atoms. The Morgan fingerprint density at radius 1 is 1.35 bits per heavy atom. The van der Waals surface area contributed by atoms with E-state index in [9.17, 15) is 18.0 Å². The Bertz CT molecular complexity index is 427. The molecule has 3 nitrogen and oxygen atoms in total. The van der Waals surface area contributed by atoms with Crippen LogP contribution in [0.5, 0.6) is 0 Å². The van der Waals surface area contributed by atoms with Gasteiger partial charge < -0.3 is 0 Å². The van der Waals surface area contributed by atoms with Crippen LogP contribution in [0.25, 0.3) is 0 Å². The molecule has 0 aliphatic heterocycles. The van der Waals surface area contributed by atoms with E-state index in [-0.39, 0.29) is 17.4 Å². The molecule has 1 rings (SSSR count). The van der Waals surface area contributed by atoms with Crippen molar-refractivity contribution in [1.29, 1.82) is 0 Å². The highest BCUT2D eigenvalue weighted by Crippen LogP contribution is 2.33. The van der Waals surface area contributed by atoms with Gasteiger partial charge in [-0.3, -0.25) is 9.48 Å². The summed E-state index contributed by atoms with van der Waals surface area (Å²) < 4.78 is 38.9. The molecule has 0 saturated heterocycles. The smallest absolute Gasteiger partial charge is 0.294 e. The molecule has 0 fully saturated rings. The molecule has 0 N–H and O–H groups in total. The number of carbonyl (C=O) groups excluding carboxylic acids is 1. The molecule has 0 aliphatic rings. The van der Waals surface area contributed by atoms with Crippen LogP contribution in [-0.2, 0) is 13.2 Å². The van der Waals surface area contributed by atoms with Gasteiger partial charge in [0.05, 0.1) is 11.8 Å². The van der Waals surface area contributed by atoms with E-state index in [0.29, 0.717) is 4.68 Å². The van der Waals surface area contributed by atoms with E-state index in [2.05, 4.69) is 5.10 Å². The molecule has 96 valence electrons. The first kappa shape index (κ1) is 13.7. The van der Waals surface area contributed by atoms with Gasteiger partial charge in [-0.15, -0.1) is 0 Å². The topological polar surface area (TPSA) is 34.9 Å². The summed E-state index contributed by atoms with van der Waals surface area (Å²) in [5.74, 6) is -0.530. The van der Waals surface area contributed by atoms with Gasteiger partial charge in [-0.25, -0.2) is 0 Å². The summed E-state index contributed by atoms with van der Waals surface area (Å²) >= 11 is 0. The number of carbonyl (C=O) groups is 1. The third-order valence-electron chi connectivity index (χ3n) is 2.20. The average molecular weight is 248 g/mol. The van der Waals surface area contributed by atoms with Crippen LogP contribution in [0.1, 0.15) is 43.2 Å². The Morgan fingerprint density at radius 3 is 2.29 bits per heavy atom. The lowest BCUT2D eigenvalue weighted by Crippen LogP contribution is -2.19. The molecule has 0 amide bonds. The van der Waals surface area contributed by atoms with Gasteiger partial charge >= 0.3 is 6.18 Å². The summed E-state index contributed by atoms with van der Waals surface area (Å²) in [5.41, 5.74) is -1.68. The van der Waals surface area contributed by atoms with Gasteiger partial charge in [0, 0.05) is 13.5 Å². The molecule has 1 aromatic rings. The summed E-state index contributed by atoms with van der Waals surface area (Å²) in [7, 11) is 1.18. The number of aromatic nitrogens is 2. The summed E-state index contributed by atoms with van der Waals surface area (Å²) in [5, 5.41) is 3.51. The molecule has 1 aromatic heterocycles. The lowest BCUT2D eigenvalue weighted by atomic mass is 9.88. The largest absolute Gasteiger partial charge is 0.433 e. The van der Waals surface area contributed by atoms with Crippen molar-refractivity contribution >= 4 is 5.78 Å². The minimum Gasteiger partial charge on any atom is -0.294 e. The van der Waals surface area contributed by atoms with Crippen LogP contribution < -0.4 is 0 Å². The third kappa shape index (κ3) is 3.31.